The first-order valence-corrected chi connectivity index (χ1v) is 47.6. The molecule has 0 aliphatic carbocycles. The summed E-state index contributed by atoms with van der Waals surface area (Å²) >= 11 is 0. The van der Waals surface area contributed by atoms with Crippen LogP contribution in [0.25, 0.3) is 0 Å². The van der Waals surface area contributed by atoms with Gasteiger partial charge in [-0.25, -0.2) is 9.13 Å². The number of unbranched alkanes of at least 4 members (excludes halogenated alkanes) is 57. The number of allylic oxidation sites excluding steroid dienone is 4. The number of carbonyl (C=O) groups excluding carboxylic acids is 4. The molecular weight excluding hydrogens is 1380 g/mol. The van der Waals surface area contributed by atoms with Crippen LogP contribution >= 0.6 is 15.6 Å². The summed E-state index contributed by atoms with van der Waals surface area (Å²) in [6, 6.07) is 0. The summed E-state index contributed by atoms with van der Waals surface area (Å²) in [5.74, 6) is -2.13. The maximum absolute atomic E-state index is 13.2. The van der Waals surface area contributed by atoms with Crippen LogP contribution in [0.3, 0.4) is 0 Å². The SMILES string of the molecule is CCCCCC/C=C\C=C/CCCCCCCC(=O)O[C@H](COC(=O)CCCCCCCCCCCCC)COP(=O)(O)OC[C@H](O)COP(=O)(O)OC[C@@H](COC(=O)CCCCCCCCCCCCCCCCCCCCCC)OC(=O)CCCCCCCCCCCCCCCCCCCCCC. The molecule has 3 N–H and O–H groups in total. The lowest BCUT2D eigenvalue weighted by Crippen LogP contribution is -2.30. The molecule has 0 heterocycles. The summed E-state index contributed by atoms with van der Waals surface area (Å²) in [5.41, 5.74) is 0. The second-order valence-electron chi connectivity index (χ2n) is 30.6. The summed E-state index contributed by atoms with van der Waals surface area (Å²) in [6.07, 6.45) is 78.6. The number of hydrogen-bond acceptors (Lipinski definition) is 15. The highest BCUT2D eigenvalue weighted by Gasteiger charge is 2.30. The number of aliphatic hydroxyl groups excluding tert-OH is 1. The van der Waals surface area contributed by atoms with Gasteiger partial charge in [-0.15, -0.1) is 0 Å². The molecule has 0 aromatic heterocycles. The van der Waals surface area contributed by atoms with E-state index < -0.39 is 97.5 Å². The van der Waals surface area contributed by atoms with Gasteiger partial charge in [0.25, 0.3) is 0 Å². The van der Waals surface area contributed by atoms with Crippen LogP contribution in [0.2, 0.25) is 0 Å². The van der Waals surface area contributed by atoms with Crippen LogP contribution < -0.4 is 0 Å². The molecule has 0 saturated carbocycles. The highest BCUT2D eigenvalue weighted by molar-refractivity contribution is 7.47. The number of aliphatic hydroxyl groups is 1. The lowest BCUT2D eigenvalue weighted by Gasteiger charge is -2.21. The Balaban J connectivity index is 5.26. The highest BCUT2D eigenvalue weighted by Crippen LogP contribution is 2.45. The number of esters is 4. The van der Waals surface area contributed by atoms with Crippen LogP contribution in [0.15, 0.2) is 24.3 Å². The van der Waals surface area contributed by atoms with E-state index in [0.717, 1.165) is 103 Å². The number of rotatable bonds is 86. The van der Waals surface area contributed by atoms with Crippen molar-refractivity contribution in [1.82, 2.24) is 0 Å². The zero-order valence-corrected chi connectivity index (χ0v) is 70.7. The Bertz CT molecular complexity index is 2090. The Morgan fingerprint density at radius 2 is 0.453 bits per heavy atom. The zero-order valence-electron chi connectivity index (χ0n) is 68.9. The fourth-order valence-electron chi connectivity index (χ4n) is 13.2. The van der Waals surface area contributed by atoms with E-state index in [2.05, 4.69) is 52.0 Å². The fourth-order valence-corrected chi connectivity index (χ4v) is 14.7. The maximum atomic E-state index is 13.2. The normalized spacial score (nSPS) is 13.8. The lowest BCUT2D eigenvalue weighted by molar-refractivity contribution is -0.161. The van der Waals surface area contributed by atoms with E-state index in [1.807, 2.05) is 0 Å². The molecule has 0 aliphatic heterocycles. The molecule has 19 heteroatoms. The summed E-state index contributed by atoms with van der Waals surface area (Å²) in [4.78, 5) is 73.2. The first-order chi connectivity index (χ1) is 51.7. The van der Waals surface area contributed by atoms with Gasteiger partial charge in [-0.3, -0.25) is 37.3 Å². The summed E-state index contributed by atoms with van der Waals surface area (Å²) < 4.78 is 68.9. The maximum Gasteiger partial charge on any atom is 0.472 e. The third-order valence-corrected chi connectivity index (χ3v) is 21.9. The van der Waals surface area contributed by atoms with Crippen LogP contribution in [-0.4, -0.2) is 96.7 Å². The van der Waals surface area contributed by atoms with Crippen molar-refractivity contribution < 1.29 is 80.2 Å². The molecule has 17 nitrogen and oxygen atoms in total. The standard InChI is InChI=1S/C87H166O17P2/c1-5-9-13-17-21-25-29-32-35-37-39-41-43-46-48-52-56-60-64-68-72-85(90)98-78-83(104-87(92)74-70-66-62-58-54-50-47-44-42-40-38-36-33-30-26-22-18-14-10-6-2)80-102-106(95,96)100-76-81(88)75-99-105(93,94)101-79-82(77-97-84(89)71-67-63-59-55-51-28-24-20-16-12-8-4)103-86(91)73-69-65-61-57-53-49-45-34-31-27-23-19-15-11-7-3/h27,31,34,45,81-83,88H,5-26,28-30,32-33,35-44,46-80H2,1-4H3,(H,93,94)(H,95,96)/b31-27-,45-34-/t81-,82+,83+/m0/s1. The predicted molar refractivity (Wildman–Crippen MR) is 437 cm³/mol. The molecule has 0 saturated heterocycles. The van der Waals surface area contributed by atoms with Crippen molar-refractivity contribution in [2.24, 2.45) is 0 Å². The second kappa shape index (κ2) is 80.6. The molecule has 106 heavy (non-hydrogen) atoms. The Morgan fingerprint density at radius 3 is 0.689 bits per heavy atom. The average Bonchev–Trinajstić information content (AvgIpc) is 0.915. The first-order valence-electron chi connectivity index (χ1n) is 44.6. The van der Waals surface area contributed by atoms with Crippen LogP contribution in [0.1, 0.15) is 451 Å². The largest absolute Gasteiger partial charge is 0.472 e. The number of carbonyl (C=O) groups is 4. The number of phosphoric ester groups is 2. The smallest absolute Gasteiger partial charge is 0.462 e. The topological polar surface area (TPSA) is 237 Å². The third kappa shape index (κ3) is 79.6. The molecule has 626 valence electrons. The minimum Gasteiger partial charge on any atom is -0.462 e. The average molecular weight is 1550 g/mol. The van der Waals surface area contributed by atoms with Crippen molar-refractivity contribution in [3.63, 3.8) is 0 Å². The van der Waals surface area contributed by atoms with Crippen molar-refractivity contribution in [3.05, 3.63) is 24.3 Å². The van der Waals surface area contributed by atoms with Gasteiger partial charge < -0.3 is 33.8 Å². The van der Waals surface area contributed by atoms with Crippen molar-refractivity contribution in [3.8, 4) is 0 Å². The van der Waals surface area contributed by atoms with Crippen molar-refractivity contribution in [2.75, 3.05) is 39.6 Å². The lowest BCUT2D eigenvalue weighted by atomic mass is 10.0. The van der Waals surface area contributed by atoms with Crippen molar-refractivity contribution >= 4 is 39.5 Å². The monoisotopic (exact) mass is 1550 g/mol. The Morgan fingerprint density at radius 1 is 0.264 bits per heavy atom. The summed E-state index contributed by atoms with van der Waals surface area (Å²) in [6.45, 7) is 4.99. The molecule has 0 rings (SSSR count). The molecule has 0 fully saturated rings. The Hall–Kier alpha value is -2.46. The van der Waals surface area contributed by atoms with Gasteiger partial charge in [0.1, 0.15) is 19.3 Å². The zero-order chi connectivity index (χ0) is 77.4. The Kier molecular flexibility index (Phi) is 78.7. The molecule has 5 atom stereocenters. The van der Waals surface area contributed by atoms with Gasteiger partial charge in [-0.1, -0.05) is 399 Å². The van der Waals surface area contributed by atoms with Gasteiger partial charge in [0.05, 0.1) is 26.4 Å². The van der Waals surface area contributed by atoms with E-state index in [1.165, 1.54) is 270 Å². The summed E-state index contributed by atoms with van der Waals surface area (Å²) in [7, 11) is -9.94. The molecule has 0 amide bonds. The van der Waals surface area contributed by atoms with Gasteiger partial charge in [0.2, 0.25) is 0 Å². The molecule has 0 aliphatic rings. The van der Waals surface area contributed by atoms with E-state index in [0.29, 0.717) is 25.7 Å². The molecule has 0 spiro atoms. The van der Waals surface area contributed by atoms with Gasteiger partial charge in [0, 0.05) is 25.7 Å². The fraction of sp³-hybridized carbons (Fsp3) is 0.908. The van der Waals surface area contributed by atoms with E-state index >= 15 is 0 Å². The number of phosphoric acid groups is 2. The number of ether oxygens (including phenoxy) is 4. The Labute approximate surface area is 650 Å². The minimum atomic E-state index is -4.97. The summed E-state index contributed by atoms with van der Waals surface area (Å²) in [5, 5.41) is 10.7. The quantitative estimate of drug-likeness (QED) is 0.0169. The van der Waals surface area contributed by atoms with Crippen LogP contribution in [-0.2, 0) is 65.4 Å². The third-order valence-electron chi connectivity index (χ3n) is 20.0. The molecule has 0 aromatic carbocycles. The molecule has 0 aromatic rings. The van der Waals surface area contributed by atoms with Crippen LogP contribution in [0, 0.1) is 0 Å². The van der Waals surface area contributed by atoms with E-state index in [1.54, 1.807) is 0 Å². The van der Waals surface area contributed by atoms with Gasteiger partial charge in [0.15, 0.2) is 12.2 Å². The molecule has 0 radical (unpaired) electrons. The molecule has 2 unspecified atom stereocenters. The van der Waals surface area contributed by atoms with Crippen molar-refractivity contribution in [1.29, 1.82) is 0 Å². The van der Waals surface area contributed by atoms with E-state index in [4.69, 9.17) is 37.0 Å². The van der Waals surface area contributed by atoms with E-state index in [-0.39, 0.29) is 25.7 Å². The first kappa shape index (κ1) is 104. The van der Waals surface area contributed by atoms with Crippen molar-refractivity contribution in [2.45, 2.75) is 470 Å². The van der Waals surface area contributed by atoms with Gasteiger partial charge >= 0.3 is 39.5 Å². The second-order valence-corrected chi connectivity index (χ2v) is 33.5. The molecule has 0 bridgehead atoms. The minimum absolute atomic E-state index is 0.0860. The number of hydrogen-bond donors (Lipinski definition) is 3. The molecular formula is C87H166O17P2. The van der Waals surface area contributed by atoms with E-state index in [9.17, 15) is 43.2 Å². The predicted octanol–water partition coefficient (Wildman–Crippen LogP) is 26.5. The van der Waals surface area contributed by atoms with Crippen LogP contribution in [0.4, 0.5) is 0 Å². The van der Waals surface area contributed by atoms with Crippen LogP contribution in [0.5, 0.6) is 0 Å². The van der Waals surface area contributed by atoms with Gasteiger partial charge in [-0.05, 0) is 51.4 Å². The van der Waals surface area contributed by atoms with Gasteiger partial charge in [-0.2, -0.15) is 0 Å². The highest BCUT2D eigenvalue weighted by atomic mass is 31.2.